The van der Waals surface area contributed by atoms with Crippen molar-refractivity contribution >= 4 is 33.0 Å². The molecule has 0 unspecified atom stereocenters. The van der Waals surface area contributed by atoms with E-state index in [9.17, 15) is 12.8 Å². The summed E-state index contributed by atoms with van der Waals surface area (Å²) in [7, 11) is -3.40. The second-order valence-electron chi connectivity index (χ2n) is 6.22. The van der Waals surface area contributed by atoms with Crippen molar-refractivity contribution < 1.29 is 17.5 Å². The molecule has 0 aromatic heterocycles. The smallest absolute Gasteiger partial charge is 0.229 e. The predicted octanol–water partition coefficient (Wildman–Crippen LogP) is 3.82. The zero-order chi connectivity index (χ0) is 18.4. The number of aliphatic imine (C=N–C) groups is 1. The number of halogens is 2. The van der Waals surface area contributed by atoms with Gasteiger partial charge in [0.2, 0.25) is 10.0 Å². The molecule has 5 nitrogen and oxygen atoms in total. The summed E-state index contributed by atoms with van der Waals surface area (Å²) in [5.41, 5.74) is 1.43. The van der Waals surface area contributed by atoms with Gasteiger partial charge in [-0.2, -0.15) is 0 Å². The van der Waals surface area contributed by atoms with Gasteiger partial charge >= 0.3 is 0 Å². The summed E-state index contributed by atoms with van der Waals surface area (Å²) in [5, 5.41) is 0.00131. The van der Waals surface area contributed by atoms with E-state index in [1.54, 1.807) is 38.1 Å². The maximum atomic E-state index is 13.5. The summed E-state index contributed by atoms with van der Waals surface area (Å²) >= 11 is 5.89. The fraction of sp³-hybridized carbons (Fsp3) is 0.235. The van der Waals surface area contributed by atoms with Gasteiger partial charge < -0.3 is 4.74 Å². The van der Waals surface area contributed by atoms with E-state index in [1.165, 1.54) is 12.1 Å². The van der Waals surface area contributed by atoms with Crippen LogP contribution in [0.1, 0.15) is 25.0 Å². The monoisotopic (exact) mass is 382 g/mol. The van der Waals surface area contributed by atoms with Crippen molar-refractivity contribution in [2.45, 2.75) is 19.6 Å². The van der Waals surface area contributed by atoms with E-state index in [2.05, 4.69) is 9.71 Å². The zero-order valence-corrected chi connectivity index (χ0v) is 15.4. The average molecular weight is 383 g/mol. The maximum absolute atomic E-state index is 13.5. The average Bonchev–Trinajstić information content (AvgIpc) is 2.46. The molecule has 0 spiro atoms. The first-order valence-electron chi connectivity index (χ1n) is 7.41. The van der Waals surface area contributed by atoms with E-state index >= 15 is 0 Å². The Hall–Kier alpha value is -2.12. The highest BCUT2D eigenvalue weighted by atomic mass is 35.5. The van der Waals surface area contributed by atoms with Gasteiger partial charge in [-0.05, 0) is 44.2 Å². The Morgan fingerprint density at radius 1 is 1.20 bits per heavy atom. The quantitative estimate of drug-likeness (QED) is 0.877. The molecule has 1 aliphatic heterocycles. The molecule has 2 aromatic rings. The molecule has 0 saturated carbocycles. The van der Waals surface area contributed by atoms with Gasteiger partial charge in [0.1, 0.15) is 11.6 Å². The lowest BCUT2D eigenvalue weighted by Crippen LogP contribution is -2.32. The lowest BCUT2D eigenvalue weighted by molar-refractivity contribution is 0.115. The summed E-state index contributed by atoms with van der Waals surface area (Å²) in [6, 6.07) is 9.29. The zero-order valence-electron chi connectivity index (χ0n) is 13.8. The number of ether oxygens (including phenoxy) is 1. The minimum atomic E-state index is -3.40. The summed E-state index contributed by atoms with van der Waals surface area (Å²) in [4.78, 5) is 4.58. The highest BCUT2D eigenvalue weighted by Crippen LogP contribution is 2.35. The molecule has 0 aliphatic carbocycles. The number of nitrogens with zero attached hydrogens (tertiary/aromatic N) is 1. The molecule has 3 rings (SSSR count). The normalized spacial score (nSPS) is 15.8. The minimum absolute atomic E-state index is 0.00131. The Morgan fingerprint density at radius 3 is 2.56 bits per heavy atom. The van der Waals surface area contributed by atoms with E-state index in [4.69, 9.17) is 16.3 Å². The summed E-state index contributed by atoms with van der Waals surface area (Å²) < 4.78 is 44.6. The number of benzene rings is 2. The first kappa shape index (κ1) is 17.7. The number of anilines is 1. The lowest BCUT2D eigenvalue weighted by atomic mass is 9.98. The number of fused-ring (bicyclic) bond motifs is 1. The molecular formula is C17H16ClFN2O3S. The molecule has 0 atom stereocenters. The first-order valence-corrected chi connectivity index (χ1v) is 9.67. The van der Waals surface area contributed by atoms with E-state index in [0.29, 0.717) is 28.3 Å². The number of sulfonamides is 1. The van der Waals surface area contributed by atoms with Crippen LogP contribution in [0.25, 0.3) is 0 Å². The minimum Gasteiger partial charge on any atom is -0.466 e. The van der Waals surface area contributed by atoms with Crippen LogP contribution in [0, 0.1) is 5.82 Å². The largest absolute Gasteiger partial charge is 0.466 e. The van der Waals surface area contributed by atoms with Crippen molar-refractivity contribution in [1.82, 2.24) is 0 Å². The summed E-state index contributed by atoms with van der Waals surface area (Å²) in [6.45, 7) is 3.55. The SMILES string of the molecule is CC1(C)N=C(c2ccc(F)c(Cl)c2)c2ccc(NS(C)(=O)=O)cc2O1. The van der Waals surface area contributed by atoms with Gasteiger partial charge in [-0.15, -0.1) is 0 Å². The van der Waals surface area contributed by atoms with Gasteiger partial charge in [0.15, 0.2) is 5.72 Å². The Morgan fingerprint density at radius 2 is 1.92 bits per heavy atom. The molecular weight excluding hydrogens is 367 g/mol. The molecule has 132 valence electrons. The van der Waals surface area contributed by atoms with Crippen molar-refractivity contribution in [1.29, 1.82) is 0 Å². The van der Waals surface area contributed by atoms with Crippen LogP contribution in [0.15, 0.2) is 41.4 Å². The Bertz CT molecular complexity index is 987. The second-order valence-corrected chi connectivity index (χ2v) is 8.38. The van der Waals surface area contributed by atoms with Crippen LogP contribution >= 0.6 is 11.6 Å². The van der Waals surface area contributed by atoms with Gasteiger partial charge in [-0.3, -0.25) is 4.72 Å². The first-order chi connectivity index (χ1) is 11.5. The van der Waals surface area contributed by atoms with Crippen molar-refractivity contribution in [3.8, 4) is 5.75 Å². The standard InChI is InChI=1S/C17H16ClFN2O3S/c1-17(2)20-16(10-4-7-14(19)13(18)8-10)12-6-5-11(9-15(12)24-17)21-25(3,22)23/h4-9,21H,1-3H3. The van der Waals surface area contributed by atoms with E-state index in [1.807, 2.05) is 0 Å². The third-order valence-electron chi connectivity index (χ3n) is 3.47. The molecule has 8 heteroatoms. The Balaban J connectivity index is 2.11. The summed E-state index contributed by atoms with van der Waals surface area (Å²) in [6.07, 6.45) is 1.07. The third kappa shape index (κ3) is 3.93. The van der Waals surface area contributed by atoms with Gasteiger partial charge in [-0.25, -0.2) is 17.8 Å². The Kier molecular flexibility index (Phi) is 4.25. The molecule has 1 heterocycles. The van der Waals surface area contributed by atoms with E-state index in [-0.39, 0.29) is 5.02 Å². The van der Waals surface area contributed by atoms with Crippen molar-refractivity contribution in [3.63, 3.8) is 0 Å². The molecule has 0 fully saturated rings. The molecule has 0 bridgehead atoms. The molecule has 25 heavy (non-hydrogen) atoms. The van der Waals surface area contributed by atoms with Crippen LogP contribution in [0.3, 0.4) is 0 Å². The second kappa shape index (κ2) is 6.00. The van der Waals surface area contributed by atoms with Crippen LogP contribution < -0.4 is 9.46 Å². The van der Waals surface area contributed by atoms with Gasteiger partial charge in [0, 0.05) is 17.2 Å². The summed E-state index contributed by atoms with van der Waals surface area (Å²) in [5.74, 6) is -0.0330. The number of hydrogen-bond donors (Lipinski definition) is 1. The fourth-order valence-electron chi connectivity index (χ4n) is 2.56. The molecule has 0 radical (unpaired) electrons. The predicted molar refractivity (Wildman–Crippen MR) is 96.7 cm³/mol. The molecule has 2 aromatic carbocycles. The van der Waals surface area contributed by atoms with Crippen LogP contribution in [0.5, 0.6) is 5.75 Å². The van der Waals surface area contributed by atoms with Crippen molar-refractivity contribution in [2.24, 2.45) is 4.99 Å². The van der Waals surface area contributed by atoms with Crippen molar-refractivity contribution in [2.75, 3.05) is 11.0 Å². The fourth-order valence-corrected chi connectivity index (χ4v) is 3.30. The Labute approximate surface area is 150 Å². The van der Waals surface area contributed by atoms with Crippen LogP contribution in [-0.2, 0) is 10.0 Å². The van der Waals surface area contributed by atoms with E-state index < -0.39 is 21.6 Å². The van der Waals surface area contributed by atoms with Gasteiger partial charge in [0.05, 0.1) is 22.7 Å². The number of rotatable bonds is 3. The maximum Gasteiger partial charge on any atom is 0.229 e. The third-order valence-corrected chi connectivity index (χ3v) is 4.37. The van der Waals surface area contributed by atoms with Crippen molar-refractivity contribution in [3.05, 3.63) is 58.4 Å². The van der Waals surface area contributed by atoms with Gasteiger partial charge in [-0.1, -0.05) is 11.6 Å². The number of nitrogens with one attached hydrogen (secondary N) is 1. The molecule has 1 N–H and O–H groups in total. The molecule has 0 amide bonds. The van der Waals surface area contributed by atoms with Crippen LogP contribution in [0.4, 0.5) is 10.1 Å². The highest BCUT2D eigenvalue weighted by molar-refractivity contribution is 7.92. The molecule has 0 saturated heterocycles. The van der Waals surface area contributed by atoms with E-state index in [0.717, 1.165) is 6.26 Å². The topological polar surface area (TPSA) is 67.8 Å². The lowest BCUT2D eigenvalue weighted by Gasteiger charge is -2.30. The molecule has 1 aliphatic rings. The highest BCUT2D eigenvalue weighted by Gasteiger charge is 2.29. The number of hydrogen-bond acceptors (Lipinski definition) is 4. The van der Waals surface area contributed by atoms with Crippen LogP contribution in [-0.4, -0.2) is 26.1 Å². The van der Waals surface area contributed by atoms with Gasteiger partial charge in [0.25, 0.3) is 0 Å². The van der Waals surface area contributed by atoms with Crippen LogP contribution in [0.2, 0.25) is 5.02 Å².